The van der Waals surface area contributed by atoms with Crippen molar-refractivity contribution in [3.8, 4) is 11.5 Å². The van der Waals surface area contributed by atoms with Gasteiger partial charge < -0.3 is 14.8 Å². The lowest BCUT2D eigenvalue weighted by Gasteiger charge is -2.26. The van der Waals surface area contributed by atoms with Gasteiger partial charge in [-0.15, -0.1) is 0 Å². The first kappa shape index (κ1) is 27.1. The number of anilines is 1. The second kappa shape index (κ2) is 11.9. The fraction of sp³-hybridized carbons (Fsp3) is 0.321. The molecule has 3 aromatic rings. The summed E-state index contributed by atoms with van der Waals surface area (Å²) in [5, 5.41) is 2.91. The summed E-state index contributed by atoms with van der Waals surface area (Å²) in [6.07, 6.45) is 1.73. The van der Waals surface area contributed by atoms with Crippen LogP contribution in [0.2, 0.25) is 0 Å². The summed E-state index contributed by atoms with van der Waals surface area (Å²) in [4.78, 5) is 13.2. The number of hydrogen-bond donors (Lipinski definition) is 1. The first-order chi connectivity index (χ1) is 17.2. The van der Waals surface area contributed by atoms with Gasteiger partial charge in [-0.25, -0.2) is 8.42 Å². The Morgan fingerprint density at radius 3 is 2.22 bits per heavy atom. The minimum absolute atomic E-state index is 0.0784. The zero-order chi connectivity index (χ0) is 26.3. The number of sulfonamides is 1. The van der Waals surface area contributed by atoms with Gasteiger partial charge in [0.25, 0.3) is 10.0 Å². The molecule has 0 aliphatic rings. The van der Waals surface area contributed by atoms with Crippen LogP contribution in [-0.2, 0) is 34.2 Å². The Kier molecular flexibility index (Phi) is 8.98. The molecule has 3 rings (SSSR count). The van der Waals surface area contributed by atoms with Crippen molar-refractivity contribution in [3.05, 3.63) is 82.9 Å². The van der Waals surface area contributed by atoms with E-state index in [0.717, 1.165) is 33.8 Å². The maximum absolute atomic E-state index is 13.8. The number of rotatable bonds is 11. The highest BCUT2D eigenvalue weighted by atomic mass is 32.2. The van der Waals surface area contributed by atoms with E-state index < -0.39 is 22.5 Å². The highest BCUT2D eigenvalue weighted by Gasteiger charge is 2.30. The number of methoxy groups -OCH3 is 2. The molecule has 0 aliphatic heterocycles. The van der Waals surface area contributed by atoms with Gasteiger partial charge in [0, 0.05) is 12.6 Å². The standard InChI is InChI=1S/C28H34N2O5S/c1-6-21-10-11-22(7-2)23(16-21)18-29-28(31)19-30(26-17-24(34-4)12-15-27(26)35-5)36(32,33)25-13-8-20(3)9-14-25/h8-17H,6-7,18-19H2,1-5H3,(H,29,31). The summed E-state index contributed by atoms with van der Waals surface area (Å²) in [5.74, 6) is 0.321. The predicted octanol–water partition coefficient (Wildman–Crippen LogP) is 4.65. The lowest BCUT2D eigenvalue weighted by Crippen LogP contribution is -2.41. The molecule has 0 aliphatic carbocycles. The number of benzene rings is 3. The maximum Gasteiger partial charge on any atom is 0.264 e. The number of carbonyl (C=O) groups excluding carboxylic acids is 1. The van der Waals surface area contributed by atoms with E-state index in [1.165, 1.54) is 31.9 Å². The fourth-order valence-electron chi connectivity index (χ4n) is 3.92. The topological polar surface area (TPSA) is 84.9 Å². The van der Waals surface area contributed by atoms with E-state index >= 15 is 0 Å². The van der Waals surface area contributed by atoms with Crippen LogP contribution < -0.4 is 19.1 Å². The molecule has 0 unspecified atom stereocenters. The van der Waals surface area contributed by atoms with Crippen molar-refractivity contribution < 1.29 is 22.7 Å². The second-order valence-electron chi connectivity index (χ2n) is 8.45. The van der Waals surface area contributed by atoms with Gasteiger partial charge in [-0.05, 0) is 60.7 Å². The van der Waals surface area contributed by atoms with E-state index in [4.69, 9.17) is 9.47 Å². The number of ether oxygens (including phenoxy) is 2. The summed E-state index contributed by atoms with van der Waals surface area (Å²) in [7, 11) is -1.15. The zero-order valence-electron chi connectivity index (χ0n) is 21.5. The highest BCUT2D eigenvalue weighted by molar-refractivity contribution is 7.92. The maximum atomic E-state index is 13.8. The summed E-state index contributed by atoms with van der Waals surface area (Å²) < 4.78 is 39.3. The highest BCUT2D eigenvalue weighted by Crippen LogP contribution is 2.35. The molecule has 0 saturated carbocycles. The van der Waals surface area contributed by atoms with Crippen molar-refractivity contribution in [1.29, 1.82) is 0 Å². The third-order valence-corrected chi connectivity index (χ3v) is 7.86. The van der Waals surface area contributed by atoms with E-state index in [2.05, 4.69) is 37.4 Å². The Labute approximate surface area is 214 Å². The molecule has 0 atom stereocenters. The molecule has 0 bridgehead atoms. The molecule has 7 nitrogen and oxygen atoms in total. The molecule has 0 spiro atoms. The molecule has 3 aromatic carbocycles. The minimum atomic E-state index is -4.09. The molecular weight excluding hydrogens is 476 g/mol. The molecule has 0 aromatic heterocycles. The molecule has 0 radical (unpaired) electrons. The van der Waals surface area contributed by atoms with Crippen LogP contribution in [0.4, 0.5) is 5.69 Å². The number of hydrogen-bond acceptors (Lipinski definition) is 5. The van der Waals surface area contributed by atoms with Crippen molar-refractivity contribution in [2.75, 3.05) is 25.1 Å². The van der Waals surface area contributed by atoms with Crippen LogP contribution >= 0.6 is 0 Å². The lowest BCUT2D eigenvalue weighted by atomic mass is 10.0. The fourth-order valence-corrected chi connectivity index (χ4v) is 5.34. The van der Waals surface area contributed by atoms with E-state index in [0.29, 0.717) is 18.0 Å². The van der Waals surface area contributed by atoms with Crippen LogP contribution in [0, 0.1) is 6.92 Å². The molecule has 1 N–H and O–H groups in total. The van der Waals surface area contributed by atoms with E-state index in [9.17, 15) is 13.2 Å². The first-order valence-corrected chi connectivity index (χ1v) is 13.4. The molecule has 0 saturated heterocycles. The van der Waals surface area contributed by atoms with Crippen molar-refractivity contribution in [3.63, 3.8) is 0 Å². The number of amides is 1. The average Bonchev–Trinajstić information content (AvgIpc) is 2.90. The van der Waals surface area contributed by atoms with Gasteiger partial charge in [-0.2, -0.15) is 0 Å². The normalized spacial score (nSPS) is 11.1. The Balaban J connectivity index is 1.96. The zero-order valence-corrected chi connectivity index (χ0v) is 22.3. The van der Waals surface area contributed by atoms with Crippen LogP contribution in [0.5, 0.6) is 11.5 Å². The number of nitrogens with one attached hydrogen (secondary N) is 1. The first-order valence-electron chi connectivity index (χ1n) is 11.9. The second-order valence-corrected chi connectivity index (χ2v) is 10.3. The van der Waals surface area contributed by atoms with Crippen molar-refractivity contribution >= 4 is 21.6 Å². The molecular formula is C28H34N2O5S. The molecule has 0 fully saturated rings. The molecule has 1 amide bonds. The molecule has 0 heterocycles. The summed E-state index contributed by atoms with van der Waals surface area (Å²) in [6.45, 7) is 5.92. The van der Waals surface area contributed by atoms with Gasteiger partial charge >= 0.3 is 0 Å². The molecule has 36 heavy (non-hydrogen) atoms. The van der Waals surface area contributed by atoms with Crippen molar-refractivity contribution in [2.45, 2.75) is 45.1 Å². The van der Waals surface area contributed by atoms with Crippen LogP contribution in [0.15, 0.2) is 65.6 Å². The van der Waals surface area contributed by atoms with Crippen LogP contribution in [0.3, 0.4) is 0 Å². The Morgan fingerprint density at radius 1 is 0.889 bits per heavy atom. The van der Waals surface area contributed by atoms with Crippen molar-refractivity contribution in [1.82, 2.24) is 5.32 Å². The van der Waals surface area contributed by atoms with Gasteiger partial charge in [0.15, 0.2) is 0 Å². The summed E-state index contributed by atoms with van der Waals surface area (Å²) in [5.41, 5.74) is 4.50. The number of aryl methyl sites for hydroxylation is 3. The Morgan fingerprint density at radius 2 is 1.61 bits per heavy atom. The lowest BCUT2D eigenvalue weighted by molar-refractivity contribution is -0.119. The minimum Gasteiger partial charge on any atom is -0.497 e. The van der Waals surface area contributed by atoms with E-state index in [-0.39, 0.29) is 10.6 Å². The van der Waals surface area contributed by atoms with Crippen LogP contribution in [-0.4, -0.2) is 35.1 Å². The van der Waals surface area contributed by atoms with Gasteiger partial charge in [0.1, 0.15) is 18.0 Å². The average molecular weight is 511 g/mol. The SMILES string of the molecule is CCc1ccc(CC)c(CNC(=O)CN(c2cc(OC)ccc2OC)S(=O)(=O)c2ccc(C)cc2)c1. The third-order valence-electron chi connectivity index (χ3n) is 6.09. The van der Waals surface area contributed by atoms with Gasteiger partial charge in [0.2, 0.25) is 5.91 Å². The van der Waals surface area contributed by atoms with Crippen molar-refractivity contribution in [2.24, 2.45) is 0 Å². The Hall–Kier alpha value is -3.52. The largest absolute Gasteiger partial charge is 0.497 e. The van der Waals surface area contributed by atoms with Crippen LogP contribution in [0.25, 0.3) is 0 Å². The monoisotopic (exact) mass is 510 g/mol. The predicted molar refractivity (Wildman–Crippen MR) is 142 cm³/mol. The molecule has 8 heteroatoms. The van der Waals surface area contributed by atoms with E-state index in [1.807, 2.05) is 6.92 Å². The third kappa shape index (κ3) is 6.18. The number of carbonyl (C=O) groups is 1. The quantitative estimate of drug-likeness (QED) is 0.406. The van der Waals surface area contributed by atoms with Gasteiger partial charge in [-0.3, -0.25) is 9.10 Å². The smallest absolute Gasteiger partial charge is 0.264 e. The summed E-state index contributed by atoms with van der Waals surface area (Å²) in [6, 6.07) is 17.6. The summed E-state index contributed by atoms with van der Waals surface area (Å²) >= 11 is 0. The van der Waals surface area contributed by atoms with E-state index in [1.54, 1.807) is 30.3 Å². The van der Waals surface area contributed by atoms with Crippen LogP contribution in [0.1, 0.15) is 36.1 Å². The van der Waals surface area contributed by atoms with Gasteiger partial charge in [-0.1, -0.05) is 49.7 Å². The molecule has 192 valence electrons. The number of nitrogens with zero attached hydrogens (tertiary/aromatic N) is 1. The van der Waals surface area contributed by atoms with Gasteiger partial charge in [0.05, 0.1) is 24.8 Å². The Bertz CT molecular complexity index is 1300.